The maximum atomic E-state index is 13.1. The first-order valence-electron chi connectivity index (χ1n) is 15.6. The third-order valence-electron chi connectivity index (χ3n) is 8.92. The molecule has 45 heavy (non-hydrogen) atoms. The molecule has 2 aromatic carbocycles. The molecule has 0 fully saturated rings. The third-order valence-corrected chi connectivity index (χ3v) is 8.92. The van der Waals surface area contributed by atoms with Crippen LogP contribution in [0.4, 0.5) is 11.4 Å². The molecule has 0 bridgehead atoms. The van der Waals surface area contributed by atoms with E-state index in [0.29, 0.717) is 62.5 Å². The fourth-order valence-electron chi connectivity index (χ4n) is 6.38. The van der Waals surface area contributed by atoms with Crippen LogP contribution in [0.15, 0.2) is 70.7 Å². The molecular weight excluding hydrogens is 568 g/mol. The molecule has 2 amide bonds. The average Bonchev–Trinajstić information content (AvgIpc) is 3.65. The van der Waals surface area contributed by atoms with Crippen LogP contribution in [0, 0.1) is 12.3 Å². The second kappa shape index (κ2) is 13.6. The van der Waals surface area contributed by atoms with Crippen LogP contribution in [0.25, 0.3) is 5.57 Å². The molecule has 0 saturated heterocycles. The van der Waals surface area contributed by atoms with Gasteiger partial charge in [-0.3, -0.25) is 14.6 Å². The van der Waals surface area contributed by atoms with E-state index in [1.54, 1.807) is 18.1 Å². The lowest BCUT2D eigenvalue weighted by atomic mass is 9.76. The number of unbranched alkanes of at least 4 members (excludes halogenated alkanes) is 1. The molecule has 1 aliphatic carbocycles. The van der Waals surface area contributed by atoms with Crippen molar-refractivity contribution < 1.29 is 24.2 Å². The van der Waals surface area contributed by atoms with E-state index < -0.39 is 0 Å². The van der Waals surface area contributed by atoms with Crippen molar-refractivity contribution >= 4 is 35.5 Å². The van der Waals surface area contributed by atoms with Gasteiger partial charge in [0.25, 0.3) is 0 Å². The minimum Gasteiger partial charge on any atom is -0.512 e. The van der Waals surface area contributed by atoms with Crippen LogP contribution in [0.1, 0.15) is 63.5 Å². The Hall–Kier alpha value is -4.53. The van der Waals surface area contributed by atoms with Crippen molar-refractivity contribution in [2.45, 2.75) is 65.3 Å². The molecule has 0 aromatic heterocycles. The lowest BCUT2D eigenvalue weighted by molar-refractivity contribution is -0.128. The van der Waals surface area contributed by atoms with Crippen molar-refractivity contribution in [1.29, 1.82) is 0 Å². The molecule has 9 heteroatoms. The molecule has 0 saturated carbocycles. The first-order valence-corrected chi connectivity index (χ1v) is 15.6. The maximum absolute atomic E-state index is 13.1. The predicted molar refractivity (Wildman–Crippen MR) is 178 cm³/mol. The number of anilines is 1. The topological polar surface area (TPSA) is 104 Å². The molecule has 0 radical (unpaired) electrons. The quantitative estimate of drug-likeness (QED) is 0.153. The van der Waals surface area contributed by atoms with Crippen molar-refractivity contribution in [2.75, 3.05) is 32.6 Å². The lowest BCUT2D eigenvalue weighted by Crippen LogP contribution is -2.28. The van der Waals surface area contributed by atoms with Crippen LogP contribution < -0.4 is 14.8 Å². The van der Waals surface area contributed by atoms with Gasteiger partial charge in [0, 0.05) is 62.7 Å². The largest absolute Gasteiger partial charge is 0.512 e. The lowest BCUT2D eigenvalue weighted by Gasteiger charge is -2.31. The van der Waals surface area contributed by atoms with Crippen molar-refractivity contribution in [3.63, 3.8) is 0 Å². The number of methoxy groups -OCH3 is 1. The molecule has 5 rings (SSSR count). The molecule has 2 aliphatic heterocycles. The molecule has 1 atom stereocenters. The maximum Gasteiger partial charge on any atom is 0.226 e. The summed E-state index contributed by atoms with van der Waals surface area (Å²) in [5, 5.41) is 13.4. The summed E-state index contributed by atoms with van der Waals surface area (Å²) >= 11 is 0. The summed E-state index contributed by atoms with van der Waals surface area (Å²) in [7, 11) is 3.49. The van der Waals surface area contributed by atoms with Crippen molar-refractivity contribution in [1.82, 2.24) is 9.80 Å². The normalized spacial score (nSPS) is 19.0. The van der Waals surface area contributed by atoms with Crippen molar-refractivity contribution in [2.24, 2.45) is 10.4 Å². The SMILES string of the molecule is CNc1ccc(C2=CN(C=O)C(/C=N\c3cc(OCCCCC(=O)N4CCC5=C4C=C(O)CC5(C)C)c(OC)cc3C)C2)cc1. The number of nitrogens with one attached hydrogen (secondary N) is 1. The predicted octanol–water partition coefficient (Wildman–Crippen LogP) is 6.93. The second-order valence-corrected chi connectivity index (χ2v) is 12.5. The Morgan fingerprint density at radius 3 is 2.67 bits per heavy atom. The number of allylic oxidation sites excluding steroid dienone is 2. The highest BCUT2D eigenvalue weighted by molar-refractivity contribution is 5.82. The number of rotatable bonds is 12. The van der Waals surface area contributed by atoms with Gasteiger partial charge in [-0.1, -0.05) is 26.0 Å². The van der Waals surface area contributed by atoms with E-state index in [4.69, 9.17) is 14.5 Å². The van der Waals surface area contributed by atoms with Crippen molar-refractivity contribution in [3.05, 3.63) is 76.8 Å². The second-order valence-electron chi connectivity index (χ2n) is 12.5. The van der Waals surface area contributed by atoms with E-state index in [9.17, 15) is 14.7 Å². The zero-order valence-corrected chi connectivity index (χ0v) is 26.9. The van der Waals surface area contributed by atoms with Crippen LogP contribution in [0.2, 0.25) is 0 Å². The number of aliphatic imine (C=N–C) groups is 1. The number of hydrogen-bond donors (Lipinski definition) is 2. The van der Waals surface area contributed by atoms with E-state index in [2.05, 4.69) is 19.2 Å². The van der Waals surface area contributed by atoms with Gasteiger partial charge in [0.2, 0.25) is 12.3 Å². The van der Waals surface area contributed by atoms with E-state index in [1.807, 2.05) is 67.7 Å². The number of carbonyl (C=O) groups is 2. The van der Waals surface area contributed by atoms with Gasteiger partial charge in [-0.25, -0.2) is 0 Å². The van der Waals surface area contributed by atoms with Gasteiger partial charge in [0.1, 0.15) is 0 Å². The fraction of sp³-hybridized carbons (Fsp3) is 0.417. The van der Waals surface area contributed by atoms with Crippen LogP contribution in [0.3, 0.4) is 0 Å². The van der Waals surface area contributed by atoms with Crippen LogP contribution in [-0.2, 0) is 9.59 Å². The number of aryl methyl sites for hydroxylation is 1. The molecule has 0 spiro atoms. The first-order chi connectivity index (χ1) is 21.6. The van der Waals surface area contributed by atoms with E-state index in [0.717, 1.165) is 46.6 Å². The van der Waals surface area contributed by atoms with Crippen LogP contribution in [-0.4, -0.2) is 66.8 Å². The summed E-state index contributed by atoms with van der Waals surface area (Å²) in [5.74, 6) is 1.62. The highest BCUT2D eigenvalue weighted by Gasteiger charge is 2.38. The zero-order valence-electron chi connectivity index (χ0n) is 26.9. The van der Waals surface area contributed by atoms with Gasteiger partial charge in [0.05, 0.1) is 31.2 Å². The third kappa shape index (κ3) is 7.08. The Bertz CT molecular complexity index is 1550. The van der Waals surface area contributed by atoms with E-state index in [1.165, 1.54) is 5.57 Å². The minimum atomic E-state index is -0.188. The highest BCUT2D eigenvalue weighted by Crippen LogP contribution is 2.45. The van der Waals surface area contributed by atoms with Crippen molar-refractivity contribution in [3.8, 4) is 11.5 Å². The molecule has 3 aliphatic rings. The van der Waals surface area contributed by atoms with Gasteiger partial charge >= 0.3 is 0 Å². The Kier molecular flexibility index (Phi) is 9.65. The summed E-state index contributed by atoms with van der Waals surface area (Å²) in [4.78, 5) is 33.1. The van der Waals surface area contributed by atoms with Gasteiger partial charge in [-0.15, -0.1) is 0 Å². The number of amides is 2. The molecule has 9 nitrogen and oxygen atoms in total. The Morgan fingerprint density at radius 1 is 1.18 bits per heavy atom. The average molecular weight is 613 g/mol. The highest BCUT2D eigenvalue weighted by atomic mass is 16.5. The molecule has 238 valence electrons. The summed E-state index contributed by atoms with van der Waals surface area (Å²) in [6.07, 6.45) is 10.2. The van der Waals surface area contributed by atoms with Crippen LogP contribution in [0.5, 0.6) is 11.5 Å². The number of hydrogen-bond acceptors (Lipinski definition) is 7. The minimum absolute atomic E-state index is 0.0789. The van der Waals surface area contributed by atoms with E-state index >= 15 is 0 Å². The van der Waals surface area contributed by atoms with Gasteiger partial charge < -0.3 is 29.7 Å². The van der Waals surface area contributed by atoms with Gasteiger partial charge in [-0.2, -0.15) is 0 Å². The summed E-state index contributed by atoms with van der Waals surface area (Å²) < 4.78 is 11.7. The fourth-order valence-corrected chi connectivity index (χ4v) is 6.38. The first kappa shape index (κ1) is 31.9. The monoisotopic (exact) mass is 612 g/mol. The number of aliphatic hydroxyl groups excluding tert-OH is 1. The Morgan fingerprint density at radius 2 is 1.96 bits per heavy atom. The smallest absolute Gasteiger partial charge is 0.226 e. The Labute approximate surface area is 265 Å². The Balaban J connectivity index is 1.16. The number of nitrogens with zero attached hydrogens (tertiary/aromatic N) is 3. The molecule has 2 heterocycles. The molecular formula is C36H44N4O5. The molecule has 2 N–H and O–H groups in total. The summed E-state index contributed by atoms with van der Waals surface area (Å²) in [6.45, 7) is 7.31. The van der Waals surface area contributed by atoms with Crippen LogP contribution >= 0.6 is 0 Å². The van der Waals surface area contributed by atoms with Gasteiger partial charge in [0.15, 0.2) is 11.5 Å². The molecule has 2 aromatic rings. The summed E-state index contributed by atoms with van der Waals surface area (Å²) in [6, 6.07) is 11.7. The number of benzene rings is 2. The molecule has 1 unspecified atom stereocenters. The number of carbonyl (C=O) groups excluding carboxylic acids is 2. The van der Waals surface area contributed by atoms with Gasteiger partial charge in [-0.05, 0) is 78.1 Å². The summed E-state index contributed by atoms with van der Waals surface area (Å²) in [5.41, 5.74) is 6.86. The number of aliphatic hydroxyl groups is 1. The van der Waals surface area contributed by atoms with E-state index in [-0.39, 0.29) is 17.4 Å². The number of ether oxygens (including phenoxy) is 2. The zero-order chi connectivity index (χ0) is 32.1. The standard InChI is InChI=1S/C36H44N4O5/c1-24-16-33(44-5)34(45-15-7-6-8-35(43)40-14-13-30-32(40)18-29(42)20-36(30,2)3)19-31(24)38-21-28-17-26(22-39(28)23-41)25-9-11-27(37-4)12-10-25/h9-12,16,18-19,21-23,28,37,42H,6-8,13-15,17,20H2,1-5H3/b38-21-.